The minimum absolute atomic E-state index is 0.482. The highest BCUT2D eigenvalue weighted by Crippen LogP contribution is 2.46. The molecule has 0 spiro atoms. The lowest BCUT2D eigenvalue weighted by molar-refractivity contribution is 0.212. The molecule has 2 heterocycles. The van der Waals surface area contributed by atoms with Crippen LogP contribution in [-0.4, -0.2) is 24.1 Å². The molecule has 1 N–H and O–H groups in total. The van der Waals surface area contributed by atoms with E-state index in [1.54, 1.807) is 11.8 Å². The Labute approximate surface area is 188 Å². The van der Waals surface area contributed by atoms with Gasteiger partial charge in [0.25, 0.3) is 0 Å². The topological polar surface area (TPSA) is 47.9 Å². The molecule has 1 unspecified atom stereocenters. The molecule has 0 saturated heterocycles. The lowest BCUT2D eigenvalue weighted by Crippen LogP contribution is -2.08. The number of thioether (sulfide) groups is 1. The summed E-state index contributed by atoms with van der Waals surface area (Å²) in [7, 11) is 0. The van der Waals surface area contributed by atoms with Crippen molar-refractivity contribution < 1.29 is 19.3 Å². The molecule has 6 heteroatoms. The second-order valence-corrected chi connectivity index (χ2v) is 9.25. The first-order valence-corrected chi connectivity index (χ1v) is 11.7. The fourth-order valence-corrected chi connectivity index (χ4v) is 5.32. The van der Waals surface area contributed by atoms with Crippen LogP contribution in [0.2, 0.25) is 0 Å². The van der Waals surface area contributed by atoms with E-state index in [2.05, 4.69) is 15.9 Å². The lowest BCUT2D eigenvalue weighted by atomic mass is 9.97. The van der Waals surface area contributed by atoms with E-state index >= 15 is 0 Å². The molecule has 30 heavy (non-hydrogen) atoms. The maximum atomic E-state index is 11.2. The fourth-order valence-electron chi connectivity index (χ4n) is 3.84. The van der Waals surface area contributed by atoms with Gasteiger partial charge in [-0.15, -0.1) is 11.8 Å². The van der Waals surface area contributed by atoms with Crippen molar-refractivity contribution in [1.29, 1.82) is 0 Å². The summed E-state index contributed by atoms with van der Waals surface area (Å²) in [5.74, 6) is 3.32. The first-order chi connectivity index (χ1) is 14.7. The molecule has 3 aromatic carbocycles. The van der Waals surface area contributed by atoms with E-state index in [0.29, 0.717) is 13.2 Å². The Kier molecular flexibility index (Phi) is 5.63. The molecule has 5 rings (SSSR count). The van der Waals surface area contributed by atoms with Crippen LogP contribution in [0.5, 0.6) is 17.2 Å². The van der Waals surface area contributed by atoms with Crippen molar-refractivity contribution in [2.24, 2.45) is 0 Å². The van der Waals surface area contributed by atoms with E-state index < -0.39 is 6.10 Å². The van der Waals surface area contributed by atoms with Gasteiger partial charge < -0.3 is 19.3 Å². The Hall–Kier alpha value is -2.15. The molecule has 0 amide bonds. The van der Waals surface area contributed by atoms with Crippen LogP contribution in [0.15, 0.2) is 64.0 Å². The molecule has 0 saturated carbocycles. The van der Waals surface area contributed by atoms with Gasteiger partial charge in [0.2, 0.25) is 0 Å². The Bertz CT molecular complexity index is 1070. The van der Waals surface area contributed by atoms with Crippen molar-refractivity contribution in [3.8, 4) is 17.2 Å². The van der Waals surface area contributed by atoms with Gasteiger partial charge in [0.1, 0.15) is 30.0 Å². The van der Waals surface area contributed by atoms with Gasteiger partial charge in [-0.25, -0.2) is 0 Å². The second-order valence-electron chi connectivity index (χ2n) is 7.26. The Morgan fingerprint density at radius 3 is 2.80 bits per heavy atom. The molecular formula is C24H21BrO4S. The lowest BCUT2D eigenvalue weighted by Gasteiger charge is -2.21. The Morgan fingerprint density at radius 1 is 1.07 bits per heavy atom. The average molecular weight is 485 g/mol. The van der Waals surface area contributed by atoms with Crippen molar-refractivity contribution in [1.82, 2.24) is 0 Å². The van der Waals surface area contributed by atoms with Gasteiger partial charge in [0.15, 0.2) is 0 Å². The summed E-state index contributed by atoms with van der Waals surface area (Å²) in [4.78, 5) is 1.07. The number of hydrogen-bond donors (Lipinski definition) is 1. The van der Waals surface area contributed by atoms with E-state index in [0.717, 1.165) is 67.7 Å². The minimum atomic E-state index is -0.788. The molecule has 0 aromatic heterocycles. The Morgan fingerprint density at radius 2 is 1.93 bits per heavy atom. The van der Waals surface area contributed by atoms with Crippen LogP contribution in [0.4, 0.5) is 0 Å². The molecule has 2 aliphatic heterocycles. The van der Waals surface area contributed by atoms with Crippen LogP contribution >= 0.6 is 27.7 Å². The third kappa shape index (κ3) is 3.80. The van der Waals surface area contributed by atoms with Gasteiger partial charge in [0.05, 0.1) is 17.7 Å². The molecule has 154 valence electrons. The summed E-state index contributed by atoms with van der Waals surface area (Å²) >= 11 is 5.41. The third-order valence-electron chi connectivity index (χ3n) is 5.31. The van der Waals surface area contributed by atoms with Gasteiger partial charge >= 0.3 is 0 Å². The molecule has 1 atom stereocenters. The summed E-state index contributed by atoms with van der Waals surface area (Å²) in [6, 6.07) is 17.9. The van der Waals surface area contributed by atoms with E-state index in [9.17, 15) is 5.11 Å². The number of ether oxygens (including phenoxy) is 3. The standard InChI is InChI=1S/C24H21BrO4S/c25-19-13-18(22(26)16-6-7-20-21(12-16)30-11-10-27-20)23-17(8-9-28-23)24(19)29-14-15-4-2-1-3-5-15/h1-7,12-13,22,26H,8-11,14H2. The number of aliphatic hydroxyl groups excluding tert-OH is 1. The highest BCUT2D eigenvalue weighted by molar-refractivity contribution is 9.10. The number of aliphatic hydroxyl groups is 1. The van der Waals surface area contributed by atoms with E-state index in [-0.39, 0.29) is 0 Å². The summed E-state index contributed by atoms with van der Waals surface area (Å²) in [5, 5.41) is 11.2. The number of benzene rings is 3. The predicted octanol–water partition coefficient (Wildman–Crippen LogP) is 5.53. The van der Waals surface area contributed by atoms with Crippen LogP contribution < -0.4 is 14.2 Å². The van der Waals surface area contributed by atoms with Crippen LogP contribution in [0, 0.1) is 0 Å². The smallest absolute Gasteiger partial charge is 0.141 e. The minimum Gasteiger partial charge on any atom is -0.492 e. The highest BCUT2D eigenvalue weighted by atomic mass is 79.9. The number of rotatable bonds is 5. The molecular weight excluding hydrogens is 464 g/mol. The van der Waals surface area contributed by atoms with Gasteiger partial charge in [-0.1, -0.05) is 36.4 Å². The normalized spacial score (nSPS) is 15.5. The zero-order valence-corrected chi connectivity index (χ0v) is 18.7. The van der Waals surface area contributed by atoms with Crippen molar-refractivity contribution in [2.75, 3.05) is 19.0 Å². The second kappa shape index (κ2) is 8.53. The zero-order chi connectivity index (χ0) is 20.5. The summed E-state index contributed by atoms with van der Waals surface area (Å²) in [6.45, 7) is 1.79. The zero-order valence-electron chi connectivity index (χ0n) is 16.3. The SMILES string of the molecule is OC(c1ccc2c(c1)SCCO2)c1cc(Br)c(OCc2ccccc2)c2c1OCC2. The summed E-state index contributed by atoms with van der Waals surface area (Å²) in [5.41, 5.74) is 3.69. The van der Waals surface area contributed by atoms with Crippen molar-refractivity contribution in [3.63, 3.8) is 0 Å². The Balaban J connectivity index is 1.46. The molecule has 0 radical (unpaired) electrons. The van der Waals surface area contributed by atoms with Crippen LogP contribution in [0.3, 0.4) is 0 Å². The fraction of sp³-hybridized carbons (Fsp3) is 0.250. The predicted molar refractivity (Wildman–Crippen MR) is 121 cm³/mol. The first-order valence-electron chi connectivity index (χ1n) is 9.93. The quantitative estimate of drug-likeness (QED) is 0.515. The number of halogens is 1. The van der Waals surface area contributed by atoms with Gasteiger partial charge in [-0.2, -0.15) is 0 Å². The summed E-state index contributed by atoms with van der Waals surface area (Å²) < 4.78 is 18.6. The third-order valence-corrected chi connectivity index (χ3v) is 6.90. The molecule has 0 fully saturated rings. The van der Waals surface area contributed by atoms with Gasteiger partial charge in [-0.05, 0) is 45.3 Å². The van der Waals surface area contributed by atoms with Crippen LogP contribution in [-0.2, 0) is 13.0 Å². The van der Waals surface area contributed by atoms with E-state index in [1.165, 1.54) is 0 Å². The van der Waals surface area contributed by atoms with E-state index in [1.807, 2.05) is 54.6 Å². The van der Waals surface area contributed by atoms with Crippen LogP contribution in [0.25, 0.3) is 0 Å². The molecule has 4 nitrogen and oxygen atoms in total. The molecule has 2 aliphatic rings. The van der Waals surface area contributed by atoms with E-state index in [4.69, 9.17) is 14.2 Å². The summed E-state index contributed by atoms with van der Waals surface area (Å²) in [6.07, 6.45) is -0.0314. The molecule has 3 aromatic rings. The largest absolute Gasteiger partial charge is 0.492 e. The van der Waals surface area contributed by atoms with Crippen molar-refractivity contribution in [2.45, 2.75) is 24.0 Å². The first kappa shape index (κ1) is 19.8. The highest BCUT2D eigenvalue weighted by Gasteiger charge is 2.28. The van der Waals surface area contributed by atoms with Gasteiger partial charge in [0, 0.05) is 28.2 Å². The maximum absolute atomic E-state index is 11.2. The van der Waals surface area contributed by atoms with Gasteiger partial charge in [-0.3, -0.25) is 0 Å². The molecule has 0 bridgehead atoms. The van der Waals surface area contributed by atoms with Crippen molar-refractivity contribution >= 4 is 27.7 Å². The van der Waals surface area contributed by atoms with Crippen LogP contribution in [0.1, 0.15) is 28.4 Å². The molecule has 0 aliphatic carbocycles. The number of fused-ring (bicyclic) bond motifs is 2. The average Bonchev–Trinajstić information content (AvgIpc) is 3.27. The van der Waals surface area contributed by atoms with Crippen molar-refractivity contribution in [3.05, 3.63) is 81.3 Å². The maximum Gasteiger partial charge on any atom is 0.141 e. The monoisotopic (exact) mass is 484 g/mol. The number of hydrogen-bond acceptors (Lipinski definition) is 5.